The molecule has 0 saturated carbocycles. The molecular formula is C21H42Se3Si3. The van der Waals surface area contributed by atoms with E-state index < -0.39 is 20.0 Å². The van der Waals surface area contributed by atoms with Crippen molar-refractivity contribution in [2.75, 3.05) is 0 Å². The van der Waals surface area contributed by atoms with E-state index in [2.05, 4.69) is 79.7 Å². The Morgan fingerprint density at radius 1 is 0.444 bits per heavy atom. The van der Waals surface area contributed by atoms with Crippen molar-refractivity contribution in [2.45, 2.75) is 95.7 Å². The summed E-state index contributed by atoms with van der Waals surface area (Å²) in [5.41, 5.74) is 10.3. The van der Waals surface area contributed by atoms with Crippen molar-refractivity contribution in [3.8, 4) is 0 Å². The molecule has 0 saturated heterocycles. The van der Waals surface area contributed by atoms with Crippen LogP contribution < -0.4 is 0 Å². The van der Waals surface area contributed by atoms with Crippen LogP contribution in [0.2, 0.25) is 58.9 Å². The third-order valence-corrected chi connectivity index (χ3v) is 28.6. The maximum absolute atomic E-state index is 2.55. The summed E-state index contributed by atoms with van der Waals surface area (Å²) >= 11 is 2.42. The standard InChI is InChI=1S/C21H42Se3Si3/c1-16-19(13-22-25(4,5)6)17(2)21(15-24-27(10,11)12)18(3)20(16)14-23-26(7,8)9/h13-15H2,1-12H3. The molecule has 0 spiro atoms. The first-order valence-electron chi connectivity index (χ1n) is 10.0. The molecule has 27 heavy (non-hydrogen) atoms. The fraction of sp³-hybridized carbons (Fsp3) is 0.714. The Balaban J connectivity index is 3.38. The van der Waals surface area contributed by atoms with Gasteiger partial charge in [0.25, 0.3) is 0 Å². The van der Waals surface area contributed by atoms with Gasteiger partial charge in [0.1, 0.15) is 0 Å². The van der Waals surface area contributed by atoms with Crippen LogP contribution in [0.5, 0.6) is 0 Å². The second-order valence-corrected chi connectivity index (χ2v) is 54.4. The van der Waals surface area contributed by atoms with Crippen LogP contribution >= 0.6 is 0 Å². The normalized spacial score (nSPS) is 13.3. The summed E-state index contributed by atoms with van der Waals surface area (Å²) in [7, 11) is 0. The van der Waals surface area contributed by atoms with E-state index in [1.807, 2.05) is 0 Å². The molecule has 0 fully saturated rings. The first-order valence-corrected chi connectivity index (χ1v) is 31.6. The molecular weight excluding hydrogens is 573 g/mol. The third-order valence-electron chi connectivity index (χ3n) is 4.66. The fourth-order valence-corrected chi connectivity index (χ4v) is 18.3. The van der Waals surface area contributed by atoms with Crippen LogP contribution in [0.25, 0.3) is 0 Å². The third kappa shape index (κ3) is 9.40. The second-order valence-electron chi connectivity index (χ2n) is 10.5. The summed E-state index contributed by atoms with van der Waals surface area (Å²) < 4.78 is 0. The molecule has 0 bridgehead atoms. The van der Waals surface area contributed by atoms with Crippen molar-refractivity contribution >= 4 is 63.0 Å². The van der Waals surface area contributed by atoms with Crippen LogP contribution in [0.1, 0.15) is 33.4 Å². The maximum atomic E-state index is 2.55. The zero-order chi connectivity index (χ0) is 21.2. The van der Waals surface area contributed by atoms with Crippen LogP contribution in [-0.2, 0) is 16.0 Å². The minimum atomic E-state index is -0.947. The van der Waals surface area contributed by atoms with E-state index in [9.17, 15) is 0 Å². The van der Waals surface area contributed by atoms with Gasteiger partial charge in [0.15, 0.2) is 0 Å². The average Bonchev–Trinajstić information content (AvgIpc) is 2.43. The molecule has 0 aliphatic rings. The van der Waals surface area contributed by atoms with Gasteiger partial charge in [-0.1, -0.05) is 0 Å². The van der Waals surface area contributed by atoms with Gasteiger partial charge < -0.3 is 0 Å². The van der Waals surface area contributed by atoms with Crippen molar-refractivity contribution in [3.63, 3.8) is 0 Å². The molecule has 0 nitrogen and oxygen atoms in total. The van der Waals surface area contributed by atoms with Gasteiger partial charge in [0, 0.05) is 0 Å². The van der Waals surface area contributed by atoms with Crippen LogP contribution in [-0.4, -0.2) is 63.0 Å². The Labute approximate surface area is 190 Å². The second kappa shape index (κ2) is 10.2. The predicted molar refractivity (Wildman–Crippen MR) is 139 cm³/mol. The Kier molecular flexibility index (Phi) is 9.96. The van der Waals surface area contributed by atoms with E-state index in [1.54, 1.807) is 33.4 Å². The van der Waals surface area contributed by atoms with Crippen molar-refractivity contribution in [1.82, 2.24) is 0 Å². The molecule has 1 aromatic rings. The Bertz CT molecular complexity index is 539. The first kappa shape index (κ1) is 26.5. The topological polar surface area (TPSA) is 0 Å². The average molecular weight is 616 g/mol. The Morgan fingerprint density at radius 3 is 0.778 bits per heavy atom. The van der Waals surface area contributed by atoms with Gasteiger partial charge in [-0.15, -0.1) is 0 Å². The summed E-state index contributed by atoms with van der Waals surface area (Å²) in [6, 6.07) is 0. The van der Waals surface area contributed by atoms with Crippen LogP contribution in [0, 0.1) is 20.8 Å². The van der Waals surface area contributed by atoms with Crippen molar-refractivity contribution in [3.05, 3.63) is 33.4 Å². The van der Waals surface area contributed by atoms with Gasteiger partial charge >= 0.3 is 192 Å². The zero-order valence-corrected chi connectivity index (χ0v) is 28.0. The number of hydrogen-bond donors (Lipinski definition) is 0. The summed E-state index contributed by atoms with van der Waals surface area (Å²) in [4.78, 5) is 0. The molecule has 0 unspecified atom stereocenters. The minimum absolute atomic E-state index is 0.806. The molecule has 0 heterocycles. The van der Waals surface area contributed by atoms with Crippen molar-refractivity contribution < 1.29 is 0 Å². The molecule has 0 aliphatic heterocycles. The number of benzene rings is 1. The van der Waals surface area contributed by atoms with E-state index in [0.29, 0.717) is 0 Å². The van der Waals surface area contributed by atoms with Crippen LogP contribution in [0.4, 0.5) is 0 Å². The van der Waals surface area contributed by atoms with E-state index >= 15 is 0 Å². The quantitative estimate of drug-likeness (QED) is 0.312. The van der Waals surface area contributed by atoms with E-state index in [4.69, 9.17) is 0 Å². The van der Waals surface area contributed by atoms with Gasteiger partial charge in [-0.05, 0) is 0 Å². The molecule has 1 aromatic carbocycles. The molecule has 0 N–H and O–H groups in total. The van der Waals surface area contributed by atoms with Crippen LogP contribution in [0.15, 0.2) is 0 Å². The molecule has 6 heteroatoms. The number of hydrogen-bond acceptors (Lipinski definition) is 0. The first-order chi connectivity index (χ1) is 12.0. The van der Waals surface area contributed by atoms with Crippen LogP contribution in [0.3, 0.4) is 0 Å². The summed E-state index contributed by atoms with van der Waals surface area (Å²) in [5, 5.41) is 4.13. The Hall–Kier alpha value is 1.43. The monoisotopic (exact) mass is 618 g/mol. The van der Waals surface area contributed by atoms with Gasteiger partial charge in [-0.3, -0.25) is 0 Å². The van der Waals surface area contributed by atoms with Gasteiger partial charge in [-0.2, -0.15) is 0 Å². The summed E-state index contributed by atoms with van der Waals surface area (Å²) in [6.45, 7) is 27.5. The summed E-state index contributed by atoms with van der Waals surface area (Å²) in [6.07, 6.45) is 0. The van der Waals surface area contributed by atoms with Crippen molar-refractivity contribution in [1.29, 1.82) is 0 Å². The van der Waals surface area contributed by atoms with E-state index in [0.717, 1.165) is 43.0 Å². The molecule has 0 atom stereocenters. The molecule has 0 amide bonds. The van der Waals surface area contributed by atoms with Gasteiger partial charge in [0.05, 0.1) is 0 Å². The van der Waals surface area contributed by atoms with Gasteiger partial charge in [-0.25, -0.2) is 0 Å². The predicted octanol–water partition coefficient (Wildman–Crippen LogP) is 5.73. The van der Waals surface area contributed by atoms with Crippen molar-refractivity contribution in [2.24, 2.45) is 0 Å². The van der Waals surface area contributed by atoms with E-state index in [1.165, 1.54) is 16.0 Å². The Morgan fingerprint density at radius 2 is 0.630 bits per heavy atom. The molecule has 0 radical (unpaired) electrons. The zero-order valence-electron chi connectivity index (χ0n) is 19.8. The van der Waals surface area contributed by atoms with Gasteiger partial charge in [0.2, 0.25) is 0 Å². The van der Waals surface area contributed by atoms with E-state index in [-0.39, 0.29) is 0 Å². The molecule has 0 aromatic heterocycles. The fourth-order valence-electron chi connectivity index (χ4n) is 2.91. The molecule has 1 rings (SSSR count). The molecule has 0 aliphatic carbocycles. The molecule has 156 valence electrons. The number of rotatable bonds is 9. The summed E-state index contributed by atoms with van der Waals surface area (Å²) in [5.74, 6) is 0. The SMILES string of the molecule is Cc1c(C[Se][Si](C)(C)C)c(C)c(C[Se][Si](C)(C)C)c(C)c1C[Se][Si](C)(C)C.